The second-order valence-corrected chi connectivity index (χ2v) is 8.24. The number of hydrogen-bond donors (Lipinski definition) is 2. The first-order chi connectivity index (χ1) is 13.2. The van der Waals surface area contributed by atoms with E-state index in [0.29, 0.717) is 17.0 Å². The first-order valence-electron chi connectivity index (χ1n) is 9.90. The zero-order valence-corrected chi connectivity index (χ0v) is 16.6. The molecule has 144 valence electrons. The summed E-state index contributed by atoms with van der Waals surface area (Å²) in [5, 5.41) is 8.13. The maximum Gasteiger partial charge on any atom is 0.230 e. The van der Waals surface area contributed by atoms with E-state index < -0.39 is 0 Å². The molecule has 0 spiro atoms. The average Bonchev–Trinajstić information content (AvgIpc) is 3.53. The minimum Gasteiger partial charge on any atom is -0.370 e. The number of aromatic nitrogens is 2. The van der Waals surface area contributed by atoms with Gasteiger partial charge in [-0.3, -0.25) is 4.79 Å². The number of rotatable bonds is 7. The number of carbonyl (C=O) groups is 1. The predicted octanol–water partition coefficient (Wildman–Crippen LogP) is 2.90. The van der Waals surface area contributed by atoms with Crippen LogP contribution in [0.15, 0.2) is 29.4 Å². The SMILES string of the molecule is CCNc1nc(SCC(=O)NC2CCN(C3CC3)CC2)nc2ccccc12. The van der Waals surface area contributed by atoms with Crippen molar-refractivity contribution in [2.45, 2.75) is 49.8 Å². The molecular weight excluding hydrogens is 358 g/mol. The number of amides is 1. The van der Waals surface area contributed by atoms with Gasteiger partial charge in [0.05, 0.1) is 11.3 Å². The Bertz CT molecular complexity index is 802. The fourth-order valence-electron chi connectivity index (χ4n) is 3.67. The van der Waals surface area contributed by atoms with Crippen molar-refractivity contribution in [3.05, 3.63) is 24.3 Å². The van der Waals surface area contributed by atoms with Crippen molar-refractivity contribution in [1.82, 2.24) is 20.2 Å². The highest BCUT2D eigenvalue weighted by molar-refractivity contribution is 7.99. The molecule has 6 nitrogen and oxygen atoms in total. The molecule has 0 radical (unpaired) electrons. The van der Waals surface area contributed by atoms with Gasteiger partial charge in [0.2, 0.25) is 5.91 Å². The van der Waals surface area contributed by atoms with Gasteiger partial charge in [0.15, 0.2) is 5.16 Å². The van der Waals surface area contributed by atoms with E-state index in [0.717, 1.165) is 55.2 Å². The quantitative estimate of drug-likeness (QED) is 0.564. The van der Waals surface area contributed by atoms with Crippen molar-refractivity contribution in [3.8, 4) is 0 Å². The lowest BCUT2D eigenvalue weighted by molar-refractivity contribution is -0.119. The van der Waals surface area contributed by atoms with E-state index >= 15 is 0 Å². The van der Waals surface area contributed by atoms with E-state index in [-0.39, 0.29) is 5.91 Å². The summed E-state index contributed by atoms with van der Waals surface area (Å²) in [5.41, 5.74) is 0.902. The van der Waals surface area contributed by atoms with Gasteiger partial charge in [-0.05, 0) is 44.7 Å². The Balaban J connectivity index is 1.32. The van der Waals surface area contributed by atoms with Crippen LogP contribution in [-0.2, 0) is 4.79 Å². The van der Waals surface area contributed by atoms with Gasteiger partial charge in [0.1, 0.15) is 5.82 Å². The Labute approximate surface area is 164 Å². The molecule has 2 fully saturated rings. The molecule has 2 aliphatic rings. The second kappa shape index (κ2) is 8.44. The van der Waals surface area contributed by atoms with E-state index in [1.54, 1.807) is 0 Å². The van der Waals surface area contributed by atoms with Gasteiger partial charge in [-0.25, -0.2) is 9.97 Å². The molecule has 1 saturated heterocycles. The minimum atomic E-state index is 0.0756. The zero-order valence-electron chi connectivity index (χ0n) is 15.8. The van der Waals surface area contributed by atoms with Crippen molar-refractivity contribution in [1.29, 1.82) is 0 Å². The van der Waals surface area contributed by atoms with Crippen LogP contribution < -0.4 is 10.6 Å². The molecule has 1 aromatic heterocycles. The Hall–Kier alpha value is -1.86. The molecule has 1 aromatic carbocycles. The molecular formula is C20H27N5OS. The molecule has 7 heteroatoms. The topological polar surface area (TPSA) is 70.2 Å². The third-order valence-electron chi connectivity index (χ3n) is 5.22. The van der Waals surface area contributed by atoms with Crippen molar-refractivity contribution in [2.24, 2.45) is 0 Å². The number of benzene rings is 1. The van der Waals surface area contributed by atoms with Crippen molar-refractivity contribution >= 4 is 34.4 Å². The van der Waals surface area contributed by atoms with E-state index in [1.165, 1.54) is 24.6 Å². The number of anilines is 1. The van der Waals surface area contributed by atoms with Crippen LogP contribution >= 0.6 is 11.8 Å². The van der Waals surface area contributed by atoms with E-state index in [4.69, 9.17) is 0 Å². The van der Waals surface area contributed by atoms with Gasteiger partial charge < -0.3 is 15.5 Å². The molecule has 0 bridgehead atoms. The van der Waals surface area contributed by atoms with Gasteiger partial charge in [0.25, 0.3) is 0 Å². The van der Waals surface area contributed by atoms with Crippen LogP contribution in [0.3, 0.4) is 0 Å². The molecule has 1 saturated carbocycles. The standard InChI is InChI=1S/C20H27N5OS/c1-2-21-19-16-5-3-4-6-17(16)23-20(24-19)27-13-18(26)22-14-9-11-25(12-10-14)15-7-8-15/h3-6,14-15H,2,7-13H2,1H3,(H,22,26)(H,21,23,24). The molecule has 0 atom stereocenters. The summed E-state index contributed by atoms with van der Waals surface area (Å²) >= 11 is 1.40. The van der Waals surface area contributed by atoms with E-state index in [1.807, 2.05) is 31.2 Å². The smallest absolute Gasteiger partial charge is 0.230 e. The molecule has 1 amide bonds. The van der Waals surface area contributed by atoms with Crippen LogP contribution in [0, 0.1) is 0 Å². The summed E-state index contributed by atoms with van der Waals surface area (Å²) in [6.45, 7) is 5.07. The van der Waals surface area contributed by atoms with Crippen LogP contribution in [0.4, 0.5) is 5.82 Å². The summed E-state index contributed by atoms with van der Waals surface area (Å²) in [6, 6.07) is 9.09. The van der Waals surface area contributed by atoms with Crippen LogP contribution in [0.1, 0.15) is 32.6 Å². The van der Waals surface area contributed by atoms with E-state index in [2.05, 4.69) is 25.5 Å². The number of nitrogens with one attached hydrogen (secondary N) is 2. The first-order valence-corrected chi connectivity index (χ1v) is 10.9. The number of carbonyl (C=O) groups excluding carboxylic acids is 1. The fraction of sp³-hybridized carbons (Fsp3) is 0.550. The fourth-order valence-corrected chi connectivity index (χ4v) is 4.33. The lowest BCUT2D eigenvalue weighted by Gasteiger charge is -2.32. The van der Waals surface area contributed by atoms with Crippen LogP contribution in [0.5, 0.6) is 0 Å². The summed E-state index contributed by atoms with van der Waals surface area (Å²) in [4.78, 5) is 24.1. The molecule has 1 aliphatic carbocycles. The van der Waals surface area contributed by atoms with Gasteiger partial charge in [-0.15, -0.1) is 0 Å². The summed E-state index contributed by atoms with van der Waals surface area (Å²) in [6.07, 6.45) is 4.83. The third-order valence-corrected chi connectivity index (χ3v) is 6.06. The number of para-hydroxylation sites is 1. The number of likely N-dealkylation sites (tertiary alicyclic amines) is 1. The summed E-state index contributed by atoms with van der Waals surface area (Å²) in [5.74, 6) is 1.26. The maximum absolute atomic E-state index is 12.4. The summed E-state index contributed by atoms with van der Waals surface area (Å²) < 4.78 is 0. The molecule has 2 N–H and O–H groups in total. The predicted molar refractivity (Wildman–Crippen MR) is 110 cm³/mol. The molecule has 2 aromatic rings. The Morgan fingerprint density at radius 1 is 1.19 bits per heavy atom. The van der Waals surface area contributed by atoms with Crippen molar-refractivity contribution in [3.63, 3.8) is 0 Å². The number of fused-ring (bicyclic) bond motifs is 1. The lowest BCUT2D eigenvalue weighted by Crippen LogP contribution is -2.45. The van der Waals surface area contributed by atoms with Crippen LogP contribution in [0.25, 0.3) is 10.9 Å². The number of thioether (sulfide) groups is 1. The molecule has 4 rings (SSSR count). The molecule has 0 unspecified atom stereocenters. The van der Waals surface area contributed by atoms with Crippen LogP contribution in [-0.4, -0.2) is 58.2 Å². The van der Waals surface area contributed by atoms with Crippen molar-refractivity contribution < 1.29 is 4.79 Å². The highest BCUT2D eigenvalue weighted by Crippen LogP contribution is 2.29. The molecule has 27 heavy (non-hydrogen) atoms. The third kappa shape index (κ3) is 4.71. The average molecular weight is 386 g/mol. The second-order valence-electron chi connectivity index (χ2n) is 7.30. The largest absolute Gasteiger partial charge is 0.370 e. The van der Waals surface area contributed by atoms with E-state index in [9.17, 15) is 4.79 Å². The normalized spacial score (nSPS) is 18.6. The van der Waals surface area contributed by atoms with Crippen molar-refractivity contribution in [2.75, 3.05) is 30.7 Å². The van der Waals surface area contributed by atoms with Gasteiger partial charge in [-0.1, -0.05) is 23.9 Å². The van der Waals surface area contributed by atoms with Gasteiger partial charge >= 0.3 is 0 Å². The minimum absolute atomic E-state index is 0.0756. The van der Waals surface area contributed by atoms with Gasteiger partial charge in [-0.2, -0.15) is 0 Å². The summed E-state index contributed by atoms with van der Waals surface area (Å²) in [7, 11) is 0. The molecule has 1 aliphatic heterocycles. The van der Waals surface area contributed by atoms with Crippen LogP contribution in [0.2, 0.25) is 0 Å². The number of nitrogens with zero attached hydrogens (tertiary/aromatic N) is 3. The van der Waals surface area contributed by atoms with Gasteiger partial charge in [0, 0.05) is 37.1 Å². The highest BCUT2D eigenvalue weighted by atomic mass is 32.2. The Morgan fingerprint density at radius 2 is 1.96 bits per heavy atom. The Kier molecular flexibility index (Phi) is 5.78. The maximum atomic E-state index is 12.4. The first kappa shape index (κ1) is 18.5. The monoisotopic (exact) mass is 385 g/mol. The molecule has 2 heterocycles. The number of hydrogen-bond acceptors (Lipinski definition) is 6. The zero-order chi connectivity index (χ0) is 18.6. The highest BCUT2D eigenvalue weighted by Gasteiger charge is 2.32. The lowest BCUT2D eigenvalue weighted by atomic mass is 10.1. The number of piperidine rings is 1. The Morgan fingerprint density at radius 3 is 2.70 bits per heavy atom.